The van der Waals surface area contributed by atoms with Crippen molar-refractivity contribution in [3.63, 3.8) is 0 Å². The summed E-state index contributed by atoms with van der Waals surface area (Å²) in [4.78, 5) is 3.90. The first kappa shape index (κ1) is 13.1. The van der Waals surface area contributed by atoms with Crippen LogP contribution in [0.25, 0.3) is 12.2 Å². The third-order valence-electron chi connectivity index (χ3n) is 2.29. The quantitative estimate of drug-likeness (QED) is 0.909. The first-order valence-electron chi connectivity index (χ1n) is 5.25. The number of rotatable bonds is 2. The number of aromatic nitrogens is 2. The van der Waals surface area contributed by atoms with Crippen LogP contribution in [0.4, 0.5) is 13.2 Å². The fourth-order valence-electron chi connectivity index (χ4n) is 1.44. The number of phenols is 1. The first-order valence-corrected chi connectivity index (χ1v) is 5.25. The van der Waals surface area contributed by atoms with E-state index in [0.717, 1.165) is 12.1 Å². The van der Waals surface area contributed by atoms with E-state index in [1.165, 1.54) is 18.2 Å². The van der Waals surface area contributed by atoms with Gasteiger partial charge in [0.15, 0.2) is 5.82 Å². The van der Waals surface area contributed by atoms with E-state index in [4.69, 9.17) is 4.52 Å². The average Bonchev–Trinajstić information content (AvgIpc) is 2.71. The third-order valence-corrected chi connectivity index (χ3v) is 2.29. The van der Waals surface area contributed by atoms with Gasteiger partial charge in [-0.1, -0.05) is 11.2 Å². The van der Waals surface area contributed by atoms with Crippen LogP contribution < -0.4 is 0 Å². The second-order valence-corrected chi connectivity index (χ2v) is 3.79. The summed E-state index contributed by atoms with van der Waals surface area (Å²) < 4.78 is 42.1. The van der Waals surface area contributed by atoms with E-state index < -0.39 is 17.5 Å². The molecular formula is C12H9F3N2O2. The fraction of sp³-hybridized carbons (Fsp3) is 0.167. The molecule has 0 aliphatic carbocycles. The highest BCUT2D eigenvalue weighted by Crippen LogP contribution is 2.36. The molecule has 2 rings (SSSR count). The minimum Gasteiger partial charge on any atom is -0.507 e. The molecule has 0 spiro atoms. The molecule has 0 fully saturated rings. The van der Waals surface area contributed by atoms with Crippen LogP contribution in [0.1, 0.15) is 22.8 Å². The van der Waals surface area contributed by atoms with E-state index >= 15 is 0 Å². The van der Waals surface area contributed by atoms with Crippen LogP contribution in [-0.4, -0.2) is 15.2 Å². The summed E-state index contributed by atoms with van der Waals surface area (Å²) in [5.41, 5.74) is -0.681. The van der Waals surface area contributed by atoms with Gasteiger partial charge in [-0.2, -0.15) is 18.2 Å². The van der Waals surface area contributed by atoms with Crippen molar-refractivity contribution in [1.82, 2.24) is 10.1 Å². The highest BCUT2D eigenvalue weighted by atomic mass is 19.4. The lowest BCUT2D eigenvalue weighted by atomic mass is 10.1. The topological polar surface area (TPSA) is 59.2 Å². The van der Waals surface area contributed by atoms with Crippen LogP contribution in [0.15, 0.2) is 22.7 Å². The second-order valence-electron chi connectivity index (χ2n) is 3.79. The smallest absolute Gasteiger partial charge is 0.419 e. The van der Waals surface area contributed by atoms with Gasteiger partial charge in [-0.15, -0.1) is 0 Å². The van der Waals surface area contributed by atoms with Crippen molar-refractivity contribution < 1.29 is 22.8 Å². The van der Waals surface area contributed by atoms with Crippen molar-refractivity contribution in [3.8, 4) is 5.75 Å². The van der Waals surface area contributed by atoms with Gasteiger partial charge in [-0.05, 0) is 30.7 Å². The van der Waals surface area contributed by atoms with Gasteiger partial charge >= 0.3 is 6.18 Å². The number of benzene rings is 1. The van der Waals surface area contributed by atoms with Crippen molar-refractivity contribution in [2.75, 3.05) is 0 Å². The number of phenolic OH excluding ortho intramolecular Hbond substituents is 1. The van der Waals surface area contributed by atoms with Gasteiger partial charge in [0.2, 0.25) is 0 Å². The van der Waals surface area contributed by atoms with Crippen molar-refractivity contribution in [1.29, 1.82) is 0 Å². The summed E-state index contributed by atoms with van der Waals surface area (Å²) >= 11 is 0. The Bertz CT molecular complexity index is 618. The van der Waals surface area contributed by atoms with Crippen LogP contribution in [0, 0.1) is 6.92 Å². The highest BCUT2D eigenvalue weighted by Gasteiger charge is 2.33. The molecule has 19 heavy (non-hydrogen) atoms. The zero-order valence-electron chi connectivity index (χ0n) is 9.77. The first-order chi connectivity index (χ1) is 8.86. The molecule has 0 saturated carbocycles. The average molecular weight is 270 g/mol. The Kier molecular flexibility index (Phi) is 3.28. The molecule has 0 bridgehead atoms. The number of hydrogen-bond acceptors (Lipinski definition) is 4. The van der Waals surface area contributed by atoms with Crippen molar-refractivity contribution in [3.05, 3.63) is 41.0 Å². The van der Waals surface area contributed by atoms with Crippen LogP contribution in [0.3, 0.4) is 0 Å². The van der Waals surface area contributed by atoms with Gasteiger partial charge in [0.1, 0.15) is 5.75 Å². The van der Waals surface area contributed by atoms with Gasteiger partial charge in [0.05, 0.1) is 5.56 Å². The predicted octanol–water partition coefficient (Wildman–Crippen LogP) is 3.27. The molecule has 1 heterocycles. The summed E-state index contributed by atoms with van der Waals surface area (Å²) in [6.07, 6.45) is -1.66. The predicted molar refractivity (Wildman–Crippen MR) is 61.1 cm³/mol. The highest BCUT2D eigenvalue weighted by molar-refractivity contribution is 5.67. The molecule has 2 aromatic rings. The molecular weight excluding hydrogens is 261 g/mol. The molecule has 1 N–H and O–H groups in total. The van der Waals surface area contributed by atoms with Crippen LogP contribution >= 0.6 is 0 Å². The lowest BCUT2D eigenvalue weighted by Crippen LogP contribution is -2.04. The summed E-state index contributed by atoms with van der Waals surface area (Å²) in [6.45, 7) is 1.64. The maximum Gasteiger partial charge on any atom is 0.419 e. The molecule has 1 aromatic heterocycles. The van der Waals surface area contributed by atoms with E-state index in [-0.39, 0.29) is 5.89 Å². The SMILES string of the molecule is Cc1noc(/C=C/c2ccc(C(F)(F)F)c(O)c2)n1. The number of hydrogen-bond donors (Lipinski definition) is 1. The van der Waals surface area contributed by atoms with Crippen molar-refractivity contribution in [2.45, 2.75) is 13.1 Å². The maximum atomic E-state index is 12.4. The minimum absolute atomic E-state index is 0.233. The molecule has 0 amide bonds. The Morgan fingerprint density at radius 1 is 1.26 bits per heavy atom. The lowest BCUT2D eigenvalue weighted by Gasteiger charge is -2.08. The van der Waals surface area contributed by atoms with Crippen molar-refractivity contribution >= 4 is 12.2 Å². The van der Waals surface area contributed by atoms with Crippen LogP contribution in [0.5, 0.6) is 5.75 Å². The zero-order chi connectivity index (χ0) is 14.0. The molecule has 0 unspecified atom stereocenters. The molecule has 0 aliphatic heterocycles. The fourth-order valence-corrected chi connectivity index (χ4v) is 1.44. The molecule has 4 nitrogen and oxygen atoms in total. The van der Waals surface area contributed by atoms with Gasteiger partial charge in [0, 0.05) is 6.08 Å². The Labute approximate surface area is 106 Å². The Morgan fingerprint density at radius 3 is 2.53 bits per heavy atom. The van der Waals surface area contributed by atoms with E-state index in [9.17, 15) is 18.3 Å². The monoisotopic (exact) mass is 270 g/mol. The molecule has 0 saturated heterocycles. The van der Waals surface area contributed by atoms with E-state index in [1.807, 2.05) is 0 Å². The molecule has 1 aromatic carbocycles. The molecule has 0 aliphatic rings. The molecule has 0 atom stereocenters. The molecule has 0 radical (unpaired) electrons. The van der Waals surface area contributed by atoms with Crippen LogP contribution in [-0.2, 0) is 6.18 Å². The molecule has 100 valence electrons. The number of aryl methyl sites for hydroxylation is 1. The van der Waals surface area contributed by atoms with Gasteiger partial charge in [0.25, 0.3) is 5.89 Å². The van der Waals surface area contributed by atoms with Gasteiger partial charge < -0.3 is 9.63 Å². The zero-order valence-corrected chi connectivity index (χ0v) is 9.77. The Balaban J connectivity index is 2.23. The third kappa shape index (κ3) is 3.12. The standard InChI is InChI=1S/C12H9F3N2O2/c1-7-16-11(19-17-7)5-3-8-2-4-9(10(18)6-8)12(13,14)15/h2-6,18H,1H3/b5-3+. The number of halogens is 3. The Hall–Kier alpha value is -2.31. The summed E-state index contributed by atoms with van der Waals surface area (Å²) in [5.74, 6) is -0.136. The maximum absolute atomic E-state index is 12.4. The number of aromatic hydroxyl groups is 1. The summed E-state index contributed by atoms with van der Waals surface area (Å²) in [5, 5.41) is 12.9. The summed E-state index contributed by atoms with van der Waals surface area (Å²) in [6, 6.07) is 3.07. The number of nitrogens with zero attached hydrogens (tertiary/aromatic N) is 2. The van der Waals surface area contributed by atoms with Gasteiger partial charge in [-0.3, -0.25) is 0 Å². The normalized spacial score (nSPS) is 12.2. The number of alkyl halides is 3. The van der Waals surface area contributed by atoms with Crippen LogP contribution in [0.2, 0.25) is 0 Å². The van der Waals surface area contributed by atoms with E-state index in [0.29, 0.717) is 11.4 Å². The Morgan fingerprint density at radius 2 is 2.00 bits per heavy atom. The van der Waals surface area contributed by atoms with E-state index in [1.54, 1.807) is 6.92 Å². The lowest BCUT2D eigenvalue weighted by molar-refractivity contribution is -0.138. The second kappa shape index (κ2) is 4.75. The van der Waals surface area contributed by atoms with E-state index in [2.05, 4.69) is 10.1 Å². The van der Waals surface area contributed by atoms with Crippen molar-refractivity contribution in [2.24, 2.45) is 0 Å². The minimum atomic E-state index is -4.57. The largest absolute Gasteiger partial charge is 0.507 e. The van der Waals surface area contributed by atoms with Gasteiger partial charge in [-0.25, -0.2) is 0 Å². The molecule has 7 heteroatoms. The summed E-state index contributed by atoms with van der Waals surface area (Å²) in [7, 11) is 0.